The van der Waals surface area contributed by atoms with Gasteiger partial charge in [0.25, 0.3) is 11.2 Å². The Kier molecular flexibility index (Phi) is 3.06. The first-order valence-corrected chi connectivity index (χ1v) is 5.55. The Morgan fingerprint density at radius 1 is 1.37 bits per heavy atom. The van der Waals surface area contributed by atoms with Crippen molar-refractivity contribution in [2.75, 3.05) is 0 Å². The maximum atomic E-state index is 13.5. The topological polar surface area (TPSA) is 113 Å². The number of aromatic amines is 1. The summed E-state index contributed by atoms with van der Waals surface area (Å²) in [5, 5.41) is 20.2. The van der Waals surface area contributed by atoms with Gasteiger partial charge in [-0.25, -0.2) is 4.39 Å². The van der Waals surface area contributed by atoms with Gasteiger partial charge in [0, 0.05) is 6.07 Å². The Labute approximate surface area is 111 Å². The van der Waals surface area contributed by atoms with E-state index in [-0.39, 0.29) is 5.52 Å². The zero-order valence-corrected chi connectivity index (χ0v) is 10.5. The van der Waals surface area contributed by atoms with Gasteiger partial charge in [-0.15, -0.1) is 0 Å². The van der Waals surface area contributed by atoms with Crippen LogP contribution in [0.5, 0.6) is 5.75 Å². The Balaban J connectivity index is 3.23. The molecule has 1 aromatic carbocycles. The van der Waals surface area contributed by atoms with Crippen LogP contribution in [0.4, 0.5) is 10.1 Å². The Hall–Kier alpha value is -2.29. The number of nitrogens with one attached hydrogen (secondary N) is 1. The van der Waals surface area contributed by atoms with E-state index in [2.05, 4.69) is 15.9 Å². The maximum absolute atomic E-state index is 13.5. The third-order valence-electron chi connectivity index (χ3n) is 2.37. The molecule has 1 heterocycles. The summed E-state index contributed by atoms with van der Waals surface area (Å²) in [6.07, 6.45) is 0. The fraction of sp³-hybridized carbons (Fsp3) is 0. The molecule has 0 saturated heterocycles. The molecule has 0 bridgehead atoms. The summed E-state index contributed by atoms with van der Waals surface area (Å²) in [6.45, 7) is 0. The SMILES string of the molecule is O=c1cc(O)c2c([N+](=O)[O-])c(Br)c(F)cc2[nH]c1=O. The molecule has 0 aliphatic carbocycles. The molecule has 7 nitrogen and oxygen atoms in total. The van der Waals surface area contributed by atoms with Crippen molar-refractivity contribution >= 4 is 32.5 Å². The highest BCUT2D eigenvalue weighted by Gasteiger charge is 2.24. The van der Waals surface area contributed by atoms with Crippen molar-refractivity contribution in [3.05, 3.63) is 53.1 Å². The highest BCUT2D eigenvalue weighted by molar-refractivity contribution is 9.10. The molecule has 0 saturated carbocycles. The predicted molar refractivity (Wildman–Crippen MR) is 66.8 cm³/mol. The van der Waals surface area contributed by atoms with Gasteiger partial charge in [-0.3, -0.25) is 19.7 Å². The van der Waals surface area contributed by atoms with E-state index in [4.69, 9.17) is 0 Å². The van der Waals surface area contributed by atoms with Crippen molar-refractivity contribution in [2.45, 2.75) is 0 Å². The molecule has 98 valence electrons. The van der Waals surface area contributed by atoms with Crippen LogP contribution in [0, 0.1) is 15.9 Å². The molecule has 0 aliphatic rings. The van der Waals surface area contributed by atoms with Gasteiger partial charge in [-0.2, -0.15) is 0 Å². The summed E-state index contributed by atoms with van der Waals surface area (Å²) in [6, 6.07) is 1.31. The lowest BCUT2D eigenvalue weighted by molar-refractivity contribution is -0.384. The van der Waals surface area contributed by atoms with Gasteiger partial charge in [0.15, 0.2) is 0 Å². The molecule has 2 aromatic rings. The van der Waals surface area contributed by atoms with E-state index in [0.29, 0.717) is 6.07 Å². The number of halogens is 2. The monoisotopic (exact) mass is 330 g/mol. The molecular weight excluding hydrogens is 327 g/mol. The van der Waals surface area contributed by atoms with Crippen molar-refractivity contribution in [2.24, 2.45) is 0 Å². The number of rotatable bonds is 1. The molecule has 0 fully saturated rings. The first-order valence-electron chi connectivity index (χ1n) is 4.75. The van der Waals surface area contributed by atoms with Crippen LogP contribution in [0.3, 0.4) is 0 Å². The third-order valence-corrected chi connectivity index (χ3v) is 3.13. The predicted octanol–water partition coefficient (Wildman–Crippen LogP) is 1.40. The zero-order valence-electron chi connectivity index (χ0n) is 8.94. The molecule has 1 aromatic heterocycles. The Morgan fingerprint density at radius 3 is 2.58 bits per heavy atom. The molecule has 2 rings (SSSR count). The van der Waals surface area contributed by atoms with Crippen LogP contribution in [0.15, 0.2) is 26.2 Å². The van der Waals surface area contributed by atoms with Crippen LogP contribution in [-0.2, 0) is 0 Å². The number of H-pyrrole nitrogens is 1. The van der Waals surface area contributed by atoms with Crippen LogP contribution in [0.1, 0.15) is 0 Å². The van der Waals surface area contributed by atoms with Gasteiger partial charge in [0.2, 0.25) is 5.43 Å². The summed E-state index contributed by atoms with van der Waals surface area (Å²) < 4.78 is 13.0. The standard InChI is InChI=1S/C10H4BrFN2O5/c11-8-3(12)1-4-7(9(8)14(18)19)5(15)2-6(16)10(17)13-4/h1-2,15H,(H,13,16,17). The number of nitro benzene ring substituents is 1. The molecule has 9 heteroatoms. The molecule has 0 aliphatic heterocycles. The fourth-order valence-electron chi connectivity index (χ4n) is 1.59. The number of hydrogen-bond acceptors (Lipinski definition) is 5. The van der Waals surface area contributed by atoms with Crippen molar-refractivity contribution in [3.63, 3.8) is 0 Å². The highest BCUT2D eigenvalue weighted by atomic mass is 79.9. The normalized spacial score (nSPS) is 10.6. The van der Waals surface area contributed by atoms with E-state index in [1.165, 1.54) is 0 Å². The van der Waals surface area contributed by atoms with Crippen molar-refractivity contribution in [3.8, 4) is 5.75 Å². The van der Waals surface area contributed by atoms with E-state index in [9.17, 15) is 29.2 Å². The van der Waals surface area contributed by atoms with Gasteiger partial charge < -0.3 is 10.1 Å². The number of aromatic nitrogens is 1. The van der Waals surface area contributed by atoms with E-state index >= 15 is 0 Å². The summed E-state index contributed by atoms with van der Waals surface area (Å²) in [7, 11) is 0. The molecule has 0 radical (unpaired) electrons. The molecule has 0 atom stereocenters. The Bertz CT molecular complexity index is 833. The number of benzene rings is 1. The van der Waals surface area contributed by atoms with E-state index in [0.717, 1.165) is 6.07 Å². The second kappa shape index (κ2) is 4.43. The number of nitrogens with zero attached hydrogens (tertiary/aromatic N) is 1. The second-order valence-electron chi connectivity index (χ2n) is 3.55. The molecule has 19 heavy (non-hydrogen) atoms. The zero-order chi connectivity index (χ0) is 14.3. The largest absolute Gasteiger partial charge is 0.507 e. The molecular formula is C10H4BrFN2O5. The minimum absolute atomic E-state index is 0.350. The average molecular weight is 331 g/mol. The van der Waals surface area contributed by atoms with Crippen molar-refractivity contribution in [1.82, 2.24) is 4.98 Å². The van der Waals surface area contributed by atoms with Crippen molar-refractivity contribution in [1.29, 1.82) is 0 Å². The molecule has 0 amide bonds. The van der Waals surface area contributed by atoms with Crippen LogP contribution < -0.4 is 11.0 Å². The van der Waals surface area contributed by atoms with Gasteiger partial charge in [-0.1, -0.05) is 0 Å². The van der Waals surface area contributed by atoms with Gasteiger partial charge in [0.1, 0.15) is 21.4 Å². The smallest absolute Gasteiger partial charge is 0.299 e. The molecule has 2 N–H and O–H groups in total. The summed E-state index contributed by atoms with van der Waals surface area (Å²) in [4.78, 5) is 34.5. The molecule has 0 spiro atoms. The quantitative estimate of drug-likeness (QED) is 0.466. The van der Waals surface area contributed by atoms with Crippen LogP contribution in [0.2, 0.25) is 0 Å². The van der Waals surface area contributed by atoms with Gasteiger partial charge >= 0.3 is 0 Å². The average Bonchev–Trinajstić information content (AvgIpc) is 2.40. The maximum Gasteiger partial charge on any atom is 0.299 e. The van der Waals surface area contributed by atoms with Crippen molar-refractivity contribution < 1.29 is 14.4 Å². The number of aromatic hydroxyl groups is 1. The summed E-state index contributed by atoms with van der Waals surface area (Å²) >= 11 is 2.69. The highest BCUT2D eigenvalue weighted by Crippen LogP contribution is 2.38. The van der Waals surface area contributed by atoms with Gasteiger partial charge in [-0.05, 0) is 22.0 Å². The van der Waals surface area contributed by atoms with E-state index in [1.807, 2.05) is 4.98 Å². The van der Waals surface area contributed by atoms with E-state index in [1.54, 1.807) is 0 Å². The minimum Gasteiger partial charge on any atom is -0.507 e. The fourth-order valence-corrected chi connectivity index (χ4v) is 2.05. The van der Waals surface area contributed by atoms with Crippen LogP contribution in [-0.4, -0.2) is 15.0 Å². The number of fused-ring (bicyclic) bond motifs is 1. The van der Waals surface area contributed by atoms with Crippen LogP contribution >= 0.6 is 15.9 Å². The lowest BCUT2D eigenvalue weighted by atomic mass is 10.2. The second-order valence-corrected chi connectivity index (χ2v) is 4.34. The summed E-state index contributed by atoms with van der Waals surface area (Å²) in [5.41, 5.74) is -3.35. The number of hydrogen-bond donors (Lipinski definition) is 2. The Morgan fingerprint density at radius 2 is 2.00 bits per heavy atom. The third kappa shape index (κ3) is 2.08. The number of nitro groups is 1. The van der Waals surface area contributed by atoms with Crippen LogP contribution in [0.25, 0.3) is 10.9 Å². The lowest BCUT2D eigenvalue weighted by Gasteiger charge is -2.01. The summed E-state index contributed by atoms with van der Waals surface area (Å²) in [5.74, 6) is -1.79. The molecule has 0 unspecified atom stereocenters. The minimum atomic E-state index is -1.12. The lowest BCUT2D eigenvalue weighted by Crippen LogP contribution is -2.22. The first-order chi connectivity index (χ1) is 8.82. The van der Waals surface area contributed by atoms with E-state index < -0.39 is 43.0 Å². The van der Waals surface area contributed by atoms with Gasteiger partial charge in [0.05, 0.1) is 10.4 Å². The first kappa shape index (κ1) is 13.1.